The largest absolute Gasteiger partial charge is 0.489 e. The number of aryl methyl sites for hydroxylation is 1. The first-order valence-corrected chi connectivity index (χ1v) is 9.32. The maximum absolute atomic E-state index is 5.92. The van der Waals surface area contributed by atoms with Crippen molar-refractivity contribution in [2.45, 2.75) is 39.0 Å². The molecule has 0 saturated heterocycles. The molecule has 2 nitrogen and oxygen atoms in total. The van der Waals surface area contributed by atoms with Gasteiger partial charge in [-0.2, -0.15) is 0 Å². The molecule has 0 aliphatic carbocycles. The fraction of sp³-hybridized carbons (Fsp3) is 0.250. The Morgan fingerprint density at radius 3 is 2.15 bits per heavy atom. The predicted octanol–water partition coefficient (Wildman–Crippen LogP) is 5.38. The Kier molecular flexibility index (Phi) is 6.86. The zero-order valence-corrected chi connectivity index (χ0v) is 15.4. The quantitative estimate of drug-likeness (QED) is 0.562. The van der Waals surface area contributed by atoms with Crippen LogP contribution in [0.1, 0.15) is 30.0 Å². The minimum Gasteiger partial charge on any atom is -0.489 e. The highest BCUT2D eigenvalue weighted by Crippen LogP contribution is 2.15. The van der Waals surface area contributed by atoms with Gasteiger partial charge in [0.25, 0.3) is 0 Å². The van der Waals surface area contributed by atoms with Gasteiger partial charge in [-0.25, -0.2) is 0 Å². The van der Waals surface area contributed by atoms with Gasteiger partial charge in [0, 0.05) is 12.6 Å². The lowest BCUT2D eigenvalue weighted by Gasteiger charge is -2.14. The minimum absolute atomic E-state index is 0.476. The minimum atomic E-state index is 0.476. The highest BCUT2D eigenvalue weighted by molar-refractivity contribution is 5.29. The SMILES string of the molecule is CC(CCc1ccccc1)NCc1cccc(OCc2ccccc2)c1. The molecule has 1 N–H and O–H groups in total. The topological polar surface area (TPSA) is 21.3 Å². The molecule has 0 saturated carbocycles. The van der Waals surface area contributed by atoms with Crippen LogP contribution in [0.3, 0.4) is 0 Å². The number of hydrogen-bond acceptors (Lipinski definition) is 2. The molecule has 0 spiro atoms. The summed E-state index contributed by atoms with van der Waals surface area (Å²) >= 11 is 0. The molecule has 3 aromatic rings. The van der Waals surface area contributed by atoms with Gasteiger partial charge in [-0.3, -0.25) is 0 Å². The zero-order valence-electron chi connectivity index (χ0n) is 15.4. The molecule has 134 valence electrons. The average Bonchev–Trinajstić information content (AvgIpc) is 2.71. The summed E-state index contributed by atoms with van der Waals surface area (Å²) in [7, 11) is 0. The maximum atomic E-state index is 5.92. The first kappa shape index (κ1) is 18.2. The fourth-order valence-corrected chi connectivity index (χ4v) is 2.91. The smallest absolute Gasteiger partial charge is 0.120 e. The molecule has 26 heavy (non-hydrogen) atoms. The van der Waals surface area contributed by atoms with Crippen LogP contribution in [0, 0.1) is 0 Å². The van der Waals surface area contributed by atoms with E-state index >= 15 is 0 Å². The van der Waals surface area contributed by atoms with Crippen molar-refractivity contribution in [3.8, 4) is 5.75 Å². The Morgan fingerprint density at radius 2 is 1.42 bits per heavy atom. The summed E-state index contributed by atoms with van der Waals surface area (Å²) in [6.07, 6.45) is 2.24. The van der Waals surface area contributed by atoms with Gasteiger partial charge in [0.1, 0.15) is 12.4 Å². The monoisotopic (exact) mass is 345 g/mol. The summed E-state index contributed by atoms with van der Waals surface area (Å²) < 4.78 is 5.92. The lowest BCUT2D eigenvalue weighted by Crippen LogP contribution is -2.25. The second kappa shape index (κ2) is 9.79. The van der Waals surface area contributed by atoms with Crippen LogP contribution in [0.5, 0.6) is 5.75 Å². The summed E-state index contributed by atoms with van der Waals surface area (Å²) in [6, 6.07) is 29.8. The molecule has 1 atom stereocenters. The maximum Gasteiger partial charge on any atom is 0.120 e. The van der Waals surface area contributed by atoms with E-state index in [4.69, 9.17) is 4.74 Å². The lowest BCUT2D eigenvalue weighted by atomic mass is 10.1. The van der Waals surface area contributed by atoms with Crippen LogP contribution < -0.4 is 10.1 Å². The summed E-state index contributed by atoms with van der Waals surface area (Å²) in [5.74, 6) is 0.921. The summed E-state index contributed by atoms with van der Waals surface area (Å²) in [6.45, 7) is 3.71. The van der Waals surface area contributed by atoms with Crippen molar-refractivity contribution >= 4 is 0 Å². The second-order valence-corrected chi connectivity index (χ2v) is 6.73. The molecule has 0 amide bonds. The molecule has 0 aliphatic rings. The van der Waals surface area contributed by atoms with Crippen LogP contribution in [-0.4, -0.2) is 6.04 Å². The summed E-state index contributed by atoms with van der Waals surface area (Å²) in [5.41, 5.74) is 3.84. The van der Waals surface area contributed by atoms with Crippen molar-refractivity contribution in [2.24, 2.45) is 0 Å². The van der Waals surface area contributed by atoms with Crippen molar-refractivity contribution in [1.82, 2.24) is 5.32 Å². The van der Waals surface area contributed by atoms with E-state index in [9.17, 15) is 0 Å². The van der Waals surface area contributed by atoms with Crippen molar-refractivity contribution in [1.29, 1.82) is 0 Å². The standard InChI is InChI=1S/C24H27NO/c1-20(15-16-21-9-4-2-5-10-21)25-18-23-13-8-14-24(17-23)26-19-22-11-6-3-7-12-22/h2-14,17,20,25H,15-16,18-19H2,1H3. The number of nitrogens with one attached hydrogen (secondary N) is 1. The van der Waals surface area contributed by atoms with Gasteiger partial charge in [0.05, 0.1) is 0 Å². The van der Waals surface area contributed by atoms with Crippen LogP contribution in [0.15, 0.2) is 84.9 Å². The van der Waals surface area contributed by atoms with Crippen molar-refractivity contribution in [3.05, 3.63) is 102 Å². The molecule has 1 unspecified atom stereocenters. The van der Waals surface area contributed by atoms with Gasteiger partial charge in [-0.1, -0.05) is 72.8 Å². The molecule has 3 aromatic carbocycles. The van der Waals surface area contributed by atoms with Gasteiger partial charge >= 0.3 is 0 Å². The number of benzene rings is 3. The molecule has 0 bridgehead atoms. The molecule has 0 aliphatic heterocycles. The van der Waals surface area contributed by atoms with Gasteiger partial charge in [0.15, 0.2) is 0 Å². The Labute approximate surface area is 156 Å². The normalized spacial score (nSPS) is 11.9. The van der Waals surface area contributed by atoms with Crippen LogP contribution in [-0.2, 0) is 19.6 Å². The van der Waals surface area contributed by atoms with Gasteiger partial charge in [0.2, 0.25) is 0 Å². The second-order valence-electron chi connectivity index (χ2n) is 6.73. The van der Waals surface area contributed by atoms with E-state index in [0.717, 1.165) is 25.1 Å². The molecule has 2 heteroatoms. The molecule has 0 aromatic heterocycles. The van der Waals surface area contributed by atoms with Gasteiger partial charge in [-0.05, 0) is 48.6 Å². The third kappa shape index (κ3) is 6.05. The Balaban J connectivity index is 1.44. The molecular weight excluding hydrogens is 318 g/mol. The summed E-state index contributed by atoms with van der Waals surface area (Å²) in [5, 5.41) is 3.61. The third-order valence-corrected chi connectivity index (χ3v) is 4.51. The average molecular weight is 345 g/mol. The number of rotatable bonds is 9. The van der Waals surface area contributed by atoms with Crippen LogP contribution >= 0.6 is 0 Å². The van der Waals surface area contributed by atoms with Crippen LogP contribution in [0.2, 0.25) is 0 Å². The van der Waals surface area contributed by atoms with E-state index in [1.54, 1.807) is 0 Å². The molecule has 3 rings (SSSR count). The van der Waals surface area contributed by atoms with Crippen LogP contribution in [0.25, 0.3) is 0 Å². The Bertz CT molecular complexity index is 770. The van der Waals surface area contributed by atoms with Crippen molar-refractivity contribution in [2.75, 3.05) is 0 Å². The highest BCUT2D eigenvalue weighted by atomic mass is 16.5. The predicted molar refractivity (Wildman–Crippen MR) is 108 cm³/mol. The number of hydrogen-bond donors (Lipinski definition) is 1. The van der Waals surface area contributed by atoms with E-state index in [1.165, 1.54) is 16.7 Å². The van der Waals surface area contributed by atoms with E-state index in [0.29, 0.717) is 12.6 Å². The number of ether oxygens (including phenoxy) is 1. The molecular formula is C24H27NO. The lowest BCUT2D eigenvalue weighted by molar-refractivity contribution is 0.306. The van der Waals surface area contributed by atoms with Gasteiger partial charge < -0.3 is 10.1 Å². The first-order valence-electron chi connectivity index (χ1n) is 9.32. The van der Waals surface area contributed by atoms with Crippen molar-refractivity contribution in [3.63, 3.8) is 0 Å². The highest BCUT2D eigenvalue weighted by Gasteiger charge is 2.04. The fourth-order valence-electron chi connectivity index (χ4n) is 2.91. The zero-order chi connectivity index (χ0) is 18.0. The molecule has 0 fully saturated rings. The summed E-state index contributed by atoms with van der Waals surface area (Å²) in [4.78, 5) is 0. The molecule has 0 radical (unpaired) electrons. The van der Waals surface area contributed by atoms with Crippen LogP contribution in [0.4, 0.5) is 0 Å². The van der Waals surface area contributed by atoms with Crippen molar-refractivity contribution < 1.29 is 4.74 Å². The third-order valence-electron chi connectivity index (χ3n) is 4.51. The van der Waals surface area contributed by atoms with E-state index < -0.39 is 0 Å². The molecule has 0 heterocycles. The first-order chi connectivity index (χ1) is 12.8. The Morgan fingerprint density at radius 1 is 0.769 bits per heavy atom. The van der Waals surface area contributed by atoms with Gasteiger partial charge in [-0.15, -0.1) is 0 Å². The van der Waals surface area contributed by atoms with E-state index in [2.05, 4.69) is 72.9 Å². The Hall–Kier alpha value is -2.58. The van der Waals surface area contributed by atoms with E-state index in [-0.39, 0.29) is 0 Å². The van der Waals surface area contributed by atoms with E-state index in [1.807, 2.05) is 24.3 Å².